The standard InChI is InChI=1S/C16H23NO2S/c1-18-16-10-12(14-4-2-3-8-17-14)5-6-15(16)19-13-7-9-20-11-13/h5-6,10,13-14,17H,2-4,7-9,11H2,1H3. The van der Waals surface area contributed by atoms with Crippen LogP contribution in [0.15, 0.2) is 18.2 Å². The predicted octanol–water partition coefficient (Wildman–Crippen LogP) is 3.39. The summed E-state index contributed by atoms with van der Waals surface area (Å²) in [6, 6.07) is 6.87. The monoisotopic (exact) mass is 293 g/mol. The first-order valence-corrected chi connectivity index (χ1v) is 8.68. The Morgan fingerprint density at radius 3 is 2.85 bits per heavy atom. The molecule has 2 atom stereocenters. The minimum Gasteiger partial charge on any atom is -0.493 e. The maximum absolute atomic E-state index is 6.07. The summed E-state index contributed by atoms with van der Waals surface area (Å²) in [4.78, 5) is 0. The van der Waals surface area contributed by atoms with Crippen LogP contribution in [0, 0.1) is 0 Å². The third-order valence-corrected chi connectivity index (χ3v) is 5.21. The highest BCUT2D eigenvalue weighted by Crippen LogP contribution is 2.34. The molecule has 20 heavy (non-hydrogen) atoms. The Bertz CT molecular complexity index is 440. The molecule has 3 rings (SSSR count). The minimum absolute atomic E-state index is 0.340. The quantitative estimate of drug-likeness (QED) is 0.922. The van der Waals surface area contributed by atoms with Crippen molar-refractivity contribution in [2.75, 3.05) is 25.2 Å². The molecule has 2 heterocycles. The lowest BCUT2D eigenvalue weighted by molar-refractivity contribution is 0.218. The number of hydrogen-bond donors (Lipinski definition) is 1. The lowest BCUT2D eigenvalue weighted by atomic mass is 9.97. The van der Waals surface area contributed by atoms with Gasteiger partial charge in [0, 0.05) is 11.8 Å². The van der Waals surface area contributed by atoms with Gasteiger partial charge in [-0.3, -0.25) is 0 Å². The summed E-state index contributed by atoms with van der Waals surface area (Å²) in [5.74, 6) is 4.05. The van der Waals surface area contributed by atoms with Gasteiger partial charge in [-0.2, -0.15) is 11.8 Å². The van der Waals surface area contributed by atoms with Gasteiger partial charge in [0.2, 0.25) is 0 Å². The fraction of sp³-hybridized carbons (Fsp3) is 0.625. The van der Waals surface area contributed by atoms with Crippen LogP contribution in [0.4, 0.5) is 0 Å². The van der Waals surface area contributed by atoms with Crippen molar-refractivity contribution in [1.29, 1.82) is 0 Å². The van der Waals surface area contributed by atoms with Crippen LogP contribution in [-0.4, -0.2) is 31.3 Å². The first-order valence-electron chi connectivity index (χ1n) is 7.52. The summed E-state index contributed by atoms with van der Waals surface area (Å²) in [7, 11) is 1.73. The Labute approximate surface area is 125 Å². The van der Waals surface area contributed by atoms with Crippen LogP contribution >= 0.6 is 11.8 Å². The molecular formula is C16H23NO2S. The molecule has 3 nitrogen and oxygen atoms in total. The van der Waals surface area contributed by atoms with E-state index in [1.54, 1.807) is 7.11 Å². The largest absolute Gasteiger partial charge is 0.493 e. The number of piperidine rings is 1. The van der Waals surface area contributed by atoms with Crippen LogP contribution in [0.25, 0.3) is 0 Å². The van der Waals surface area contributed by atoms with Gasteiger partial charge in [0.1, 0.15) is 6.10 Å². The van der Waals surface area contributed by atoms with Gasteiger partial charge in [-0.05, 0) is 49.3 Å². The highest BCUT2D eigenvalue weighted by atomic mass is 32.2. The number of ether oxygens (including phenoxy) is 2. The molecule has 1 aromatic rings. The van der Waals surface area contributed by atoms with Crippen LogP contribution < -0.4 is 14.8 Å². The van der Waals surface area contributed by atoms with Crippen LogP contribution in [0.1, 0.15) is 37.3 Å². The van der Waals surface area contributed by atoms with Gasteiger partial charge in [0.05, 0.1) is 7.11 Å². The zero-order valence-electron chi connectivity index (χ0n) is 12.1. The number of methoxy groups -OCH3 is 1. The lowest BCUT2D eigenvalue weighted by Crippen LogP contribution is -2.26. The third-order valence-electron chi connectivity index (χ3n) is 4.08. The van der Waals surface area contributed by atoms with Crippen LogP contribution in [0.5, 0.6) is 11.5 Å². The highest BCUT2D eigenvalue weighted by molar-refractivity contribution is 7.99. The van der Waals surface area contributed by atoms with Crippen molar-refractivity contribution in [2.24, 2.45) is 0 Å². The second-order valence-corrected chi connectivity index (χ2v) is 6.67. The average molecular weight is 293 g/mol. The summed E-state index contributed by atoms with van der Waals surface area (Å²) in [6.07, 6.45) is 5.28. The molecular weight excluding hydrogens is 270 g/mol. The van der Waals surface area contributed by atoms with Crippen molar-refractivity contribution < 1.29 is 9.47 Å². The van der Waals surface area contributed by atoms with E-state index in [9.17, 15) is 0 Å². The third kappa shape index (κ3) is 3.23. The second-order valence-electron chi connectivity index (χ2n) is 5.52. The van der Waals surface area contributed by atoms with Crippen molar-refractivity contribution in [3.63, 3.8) is 0 Å². The molecule has 0 saturated carbocycles. The molecule has 110 valence electrons. The molecule has 0 bridgehead atoms. The molecule has 2 saturated heterocycles. The zero-order valence-corrected chi connectivity index (χ0v) is 12.9. The molecule has 0 spiro atoms. The molecule has 2 aliphatic rings. The Kier molecular flexibility index (Phi) is 4.73. The molecule has 1 N–H and O–H groups in total. The first kappa shape index (κ1) is 14.1. The smallest absolute Gasteiger partial charge is 0.161 e. The minimum atomic E-state index is 0.340. The number of benzene rings is 1. The number of rotatable bonds is 4. The summed E-state index contributed by atoms with van der Waals surface area (Å²) < 4.78 is 11.6. The SMILES string of the molecule is COc1cc(C2CCCCN2)ccc1OC1CCSC1. The summed E-state index contributed by atoms with van der Waals surface area (Å²) in [6.45, 7) is 1.12. The van der Waals surface area contributed by atoms with E-state index < -0.39 is 0 Å². The summed E-state index contributed by atoms with van der Waals surface area (Å²) in [5, 5.41) is 3.58. The molecule has 0 aromatic heterocycles. The fourth-order valence-electron chi connectivity index (χ4n) is 2.92. The number of nitrogens with one attached hydrogen (secondary N) is 1. The first-order chi connectivity index (χ1) is 9.86. The number of thioether (sulfide) groups is 1. The van der Waals surface area contributed by atoms with Gasteiger partial charge >= 0.3 is 0 Å². The molecule has 2 aliphatic heterocycles. The Hall–Kier alpha value is -0.870. The van der Waals surface area contributed by atoms with E-state index in [2.05, 4.69) is 23.5 Å². The Morgan fingerprint density at radius 1 is 1.20 bits per heavy atom. The summed E-state index contributed by atoms with van der Waals surface area (Å²) >= 11 is 1.96. The van der Waals surface area contributed by atoms with Crippen molar-refractivity contribution >= 4 is 11.8 Å². The van der Waals surface area contributed by atoms with Gasteiger partial charge in [-0.25, -0.2) is 0 Å². The molecule has 4 heteroatoms. The average Bonchev–Trinajstić information content (AvgIpc) is 3.01. The lowest BCUT2D eigenvalue weighted by Gasteiger charge is -2.25. The molecule has 2 fully saturated rings. The van der Waals surface area contributed by atoms with E-state index in [1.165, 1.54) is 30.6 Å². The number of hydrogen-bond acceptors (Lipinski definition) is 4. The topological polar surface area (TPSA) is 30.5 Å². The highest BCUT2D eigenvalue weighted by Gasteiger charge is 2.20. The zero-order chi connectivity index (χ0) is 13.8. The van der Waals surface area contributed by atoms with Gasteiger partial charge in [0.25, 0.3) is 0 Å². The maximum atomic E-state index is 6.07. The summed E-state index contributed by atoms with van der Waals surface area (Å²) in [5.41, 5.74) is 1.31. The molecule has 0 radical (unpaired) electrons. The predicted molar refractivity (Wildman–Crippen MR) is 83.9 cm³/mol. The van der Waals surface area contributed by atoms with E-state index in [1.807, 2.05) is 11.8 Å². The van der Waals surface area contributed by atoms with Crippen molar-refractivity contribution in [3.05, 3.63) is 23.8 Å². The molecule has 0 aliphatic carbocycles. The normalized spacial score (nSPS) is 26.4. The molecule has 1 aromatic carbocycles. The van der Waals surface area contributed by atoms with Crippen molar-refractivity contribution in [2.45, 2.75) is 37.8 Å². The van der Waals surface area contributed by atoms with E-state index in [0.717, 1.165) is 30.2 Å². The van der Waals surface area contributed by atoms with Gasteiger partial charge in [0.15, 0.2) is 11.5 Å². The van der Waals surface area contributed by atoms with Crippen molar-refractivity contribution in [1.82, 2.24) is 5.32 Å². The van der Waals surface area contributed by atoms with E-state index >= 15 is 0 Å². The van der Waals surface area contributed by atoms with Crippen LogP contribution in [0.2, 0.25) is 0 Å². The van der Waals surface area contributed by atoms with E-state index in [4.69, 9.17) is 9.47 Å². The Balaban J connectivity index is 1.74. The Morgan fingerprint density at radius 2 is 2.15 bits per heavy atom. The fourth-order valence-corrected chi connectivity index (χ4v) is 4.01. The molecule has 2 unspecified atom stereocenters. The maximum Gasteiger partial charge on any atom is 0.161 e. The second kappa shape index (κ2) is 6.72. The van der Waals surface area contributed by atoms with Gasteiger partial charge < -0.3 is 14.8 Å². The molecule has 0 amide bonds. The van der Waals surface area contributed by atoms with Gasteiger partial charge in [-0.15, -0.1) is 0 Å². The van der Waals surface area contributed by atoms with Gasteiger partial charge in [-0.1, -0.05) is 12.5 Å². The van der Waals surface area contributed by atoms with E-state index in [0.29, 0.717) is 12.1 Å². The van der Waals surface area contributed by atoms with Crippen LogP contribution in [-0.2, 0) is 0 Å². The van der Waals surface area contributed by atoms with Crippen molar-refractivity contribution in [3.8, 4) is 11.5 Å². The van der Waals surface area contributed by atoms with Crippen LogP contribution in [0.3, 0.4) is 0 Å². The van der Waals surface area contributed by atoms with E-state index in [-0.39, 0.29) is 0 Å².